The van der Waals surface area contributed by atoms with Gasteiger partial charge in [-0.15, -0.1) is 0 Å². The molecule has 19 heavy (non-hydrogen) atoms. The molecule has 1 aromatic rings. The van der Waals surface area contributed by atoms with Crippen molar-refractivity contribution >= 4 is 9.84 Å². The number of hydrogen-bond acceptors (Lipinski definition) is 3. The minimum absolute atomic E-state index is 0.0287. The van der Waals surface area contributed by atoms with Gasteiger partial charge in [-0.1, -0.05) is 19.9 Å². The van der Waals surface area contributed by atoms with E-state index in [-0.39, 0.29) is 22.3 Å². The zero-order chi connectivity index (χ0) is 14.4. The van der Waals surface area contributed by atoms with E-state index in [0.717, 1.165) is 24.7 Å². The highest BCUT2D eigenvalue weighted by Crippen LogP contribution is 2.54. The van der Waals surface area contributed by atoms with Crippen molar-refractivity contribution in [2.75, 3.05) is 6.26 Å². The molecule has 0 spiro atoms. The molecule has 106 valence electrons. The first-order valence-corrected chi connectivity index (χ1v) is 8.34. The van der Waals surface area contributed by atoms with Crippen LogP contribution in [0.25, 0.3) is 0 Å². The van der Waals surface area contributed by atoms with E-state index in [9.17, 15) is 12.8 Å². The number of halogens is 1. The van der Waals surface area contributed by atoms with Crippen molar-refractivity contribution in [3.63, 3.8) is 0 Å². The van der Waals surface area contributed by atoms with Gasteiger partial charge in [0.2, 0.25) is 0 Å². The molecular formula is C14H20FNO2S. The molecule has 5 heteroatoms. The van der Waals surface area contributed by atoms with Crippen LogP contribution >= 0.6 is 0 Å². The topological polar surface area (TPSA) is 60.2 Å². The van der Waals surface area contributed by atoms with Crippen LogP contribution in [0.4, 0.5) is 4.39 Å². The summed E-state index contributed by atoms with van der Waals surface area (Å²) in [5.41, 5.74) is 6.86. The van der Waals surface area contributed by atoms with E-state index in [2.05, 4.69) is 13.8 Å². The largest absolute Gasteiger partial charge is 0.327 e. The summed E-state index contributed by atoms with van der Waals surface area (Å²) in [6, 6.07) is 4.55. The first-order valence-electron chi connectivity index (χ1n) is 6.45. The van der Waals surface area contributed by atoms with Gasteiger partial charge in [0.1, 0.15) is 10.7 Å². The molecule has 1 aromatic carbocycles. The summed E-state index contributed by atoms with van der Waals surface area (Å²) in [5, 5.41) is 0. The molecule has 0 heterocycles. The monoisotopic (exact) mass is 285 g/mol. The lowest BCUT2D eigenvalue weighted by Gasteiger charge is -2.53. The first-order chi connectivity index (χ1) is 8.70. The van der Waals surface area contributed by atoms with Crippen molar-refractivity contribution in [1.82, 2.24) is 0 Å². The van der Waals surface area contributed by atoms with Gasteiger partial charge < -0.3 is 5.73 Å². The number of sulfone groups is 1. The second-order valence-corrected chi connectivity index (χ2v) is 7.70. The van der Waals surface area contributed by atoms with Gasteiger partial charge in [0.05, 0.1) is 0 Å². The van der Waals surface area contributed by atoms with Gasteiger partial charge in [0, 0.05) is 12.3 Å². The second-order valence-electron chi connectivity index (χ2n) is 5.72. The zero-order valence-corrected chi connectivity index (χ0v) is 12.3. The molecule has 1 aliphatic carbocycles. The average molecular weight is 285 g/mol. The van der Waals surface area contributed by atoms with Gasteiger partial charge in [0.15, 0.2) is 9.84 Å². The molecule has 2 rings (SSSR count). The van der Waals surface area contributed by atoms with Crippen LogP contribution in [-0.4, -0.2) is 20.7 Å². The van der Waals surface area contributed by atoms with Crippen LogP contribution in [-0.2, 0) is 9.84 Å². The van der Waals surface area contributed by atoms with Gasteiger partial charge in [-0.05, 0) is 41.9 Å². The Kier molecular flexibility index (Phi) is 3.47. The van der Waals surface area contributed by atoms with E-state index < -0.39 is 15.7 Å². The molecule has 0 amide bonds. The van der Waals surface area contributed by atoms with Crippen molar-refractivity contribution < 1.29 is 12.8 Å². The van der Waals surface area contributed by atoms with Gasteiger partial charge in [0.25, 0.3) is 0 Å². The molecule has 1 aliphatic rings. The number of rotatable bonds is 3. The molecule has 0 aliphatic heterocycles. The molecule has 1 saturated carbocycles. The Labute approximate surface area is 113 Å². The number of nitrogens with two attached hydrogens (primary N) is 1. The second kappa shape index (κ2) is 4.56. The van der Waals surface area contributed by atoms with Crippen LogP contribution in [0.1, 0.15) is 38.2 Å². The lowest BCUT2D eigenvalue weighted by Crippen LogP contribution is -2.54. The molecule has 3 unspecified atom stereocenters. The molecule has 0 saturated heterocycles. The minimum Gasteiger partial charge on any atom is -0.327 e. The third kappa shape index (κ3) is 2.30. The maximum atomic E-state index is 13.9. The minimum atomic E-state index is -3.51. The number of hydrogen-bond donors (Lipinski definition) is 1. The molecular weight excluding hydrogens is 265 g/mol. The molecule has 0 bridgehead atoms. The molecule has 0 radical (unpaired) electrons. The summed E-state index contributed by atoms with van der Waals surface area (Å²) in [7, 11) is -3.51. The molecule has 2 N–H and O–H groups in total. The lowest BCUT2D eigenvalue weighted by atomic mass is 9.54. The third-order valence-electron chi connectivity index (χ3n) is 4.65. The van der Waals surface area contributed by atoms with Crippen LogP contribution in [0.3, 0.4) is 0 Å². The Morgan fingerprint density at radius 3 is 2.53 bits per heavy atom. The molecule has 3 atom stereocenters. The molecule has 0 aromatic heterocycles. The van der Waals surface area contributed by atoms with E-state index in [1.165, 1.54) is 12.1 Å². The highest BCUT2D eigenvalue weighted by atomic mass is 32.2. The first kappa shape index (κ1) is 14.5. The SMILES string of the molecule is CCC1(C)C(N)CC1c1ccc(S(C)(=O)=O)c(F)c1. The summed E-state index contributed by atoms with van der Waals surface area (Å²) >= 11 is 0. The van der Waals surface area contributed by atoms with Crippen molar-refractivity contribution in [3.05, 3.63) is 29.6 Å². The van der Waals surface area contributed by atoms with Gasteiger partial charge in [-0.2, -0.15) is 0 Å². The highest BCUT2D eigenvalue weighted by molar-refractivity contribution is 7.90. The van der Waals surface area contributed by atoms with Crippen LogP contribution in [0.15, 0.2) is 23.1 Å². The molecule has 3 nitrogen and oxygen atoms in total. The average Bonchev–Trinajstić information content (AvgIpc) is 2.32. The zero-order valence-electron chi connectivity index (χ0n) is 11.5. The van der Waals surface area contributed by atoms with Crippen molar-refractivity contribution in [2.24, 2.45) is 11.1 Å². The summed E-state index contributed by atoms with van der Waals surface area (Å²) in [6.07, 6.45) is 2.76. The van der Waals surface area contributed by atoms with E-state index in [4.69, 9.17) is 5.73 Å². The van der Waals surface area contributed by atoms with Crippen LogP contribution < -0.4 is 5.73 Å². The smallest absolute Gasteiger partial charge is 0.178 e. The van der Waals surface area contributed by atoms with Crippen LogP contribution in [0.5, 0.6) is 0 Å². The Morgan fingerprint density at radius 2 is 2.11 bits per heavy atom. The Balaban J connectivity index is 2.37. The fraction of sp³-hybridized carbons (Fsp3) is 0.571. The van der Waals surface area contributed by atoms with Crippen LogP contribution in [0, 0.1) is 11.2 Å². The van der Waals surface area contributed by atoms with Crippen molar-refractivity contribution in [3.8, 4) is 0 Å². The van der Waals surface area contributed by atoms with Gasteiger partial charge >= 0.3 is 0 Å². The van der Waals surface area contributed by atoms with Gasteiger partial charge in [-0.25, -0.2) is 12.8 Å². The summed E-state index contributed by atoms with van der Waals surface area (Å²) in [6.45, 7) is 4.18. The third-order valence-corrected chi connectivity index (χ3v) is 5.78. The summed E-state index contributed by atoms with van der Waals surface area (Å²) in [4.78, 5) is -0.238. The van der Waals surface area contributed by atoms with E-state index >= 15 is 0 Å². The highest BCUT2D eigenvalue weighted by Gasteiger charge is 2.48. The van der Waals surface area contributed by atoms with Crippen molar-refractivity contribution in [2.45, 2.75) is 43.5 Å². The molecule has 1 fully saturated rings. The summed E-state index contributed by atoms with van der Waals surface area (Å²) < 4.78 is 36.7. The predicted octanol–water partition coefficient (Wildman–Crippen LogP) is 2.46. The predicted molar refractivity (Wildman–Crippen MR) is 73.2 cm³/mol. The Hall–Kier alpha value is -0.940. The van der Waals surface area contributed by atoms with E-state index in [1.807, 2.05) is 0 Å². The van der Waals surface area contributed by atoms with E-state index in [1.54, 1.807) is 6.07 Å². The lowest BCUT2D eigenvalue weighted by molar-refractivity contribution is 0.0703. The fourth-order valence-corrected chi connectivity index (χ4v) is 3.68. The number of benzene rings is 1. The Bertz CT molecular complexity index is 599. The standard InChI is InChI=1S/C14H20FNO2S/c1-4-14(2)10(8-13(14)16)9-5-6-12(11(15)7-9)19(3,17)18/h5-7,10,13H,4,8,16H2,1-3H3. The quantitative estimate of drug-likeness (QED) is 0.928. The fourth-order valence-electron chi connectivity index (χ4n) is 2.95. The van der Waals surface area contributed by atoms with E-state index in [0.29, 0.717) is 0 Å². The normalized spacial score (nSPS) is 31.0. The summed E-state index contributed by atoms with van der Waals surface area (Å²) in [5.74, 6) is -0.463. The Morgan fingerprint density at radius 1 is 1.47 bits per heavy atom. The maximum Gasteiger partial charge on any atom is 0.178 e. The van der Waals surface area contributed by atoms with Crippen molar-refractivity contribution in [1.29, 1.82) is 0 Å². The van der Waals surface area contributed by atoms with Gasteiger partial charge in [-0.3, -0.25) is 0 Å². The maximum absolute atomic E-state index is 13.9. The van der Waals surface area contributed by atoms with Crippen LogP contribution in [0.2, 0.25) is 0 Å².